The molecule has 0 heterocycles. The van der Waals surface area contributed by atoms with Gasteiger partial charge in [-0.2, -0.15) is 0 Å². The maximum absolute atomic E-state index is 9.03. The average Bonchev–Trinajstić information content (AvgIpc) is 2.38. The summed E-state index contributed by atoms with van der Waals surface area (Å²) < 4.78 is 0. The Labute approximate surface area is 105 Å². The van der Waals surface area contributed by atoms with E-state index in [4.69, 9.17) is 5.11 Å². The number of aliphatic hydroxyl groups is 1. The molecule has 1 rings (SSSR count). The fraction of sp³-hybridized carbons (Fsp3) is 0.600. The molecule has 0 spiro atoms. The van der Waals surface area contributed by atoms with Crippen LogP contribution in [0.3, 0.4) is 0 Å². The fourth-order valence-corrected chi connectivity index (χ4v) is 1.92. The molecule has 0 bridgehead atoms. The molecule has 0 fully saturated rings. The Hall–Kier alpha value is -1.02. The Kier molecular flexibility index (Phi) is 7.48. The standard InChI is InChI=1S/C15H25NO/c1-2-3-4-5-6-7-11-16-15-10-8-9-14(12-15)13-17/h8-10,12,16-17H,2-7,11,13H2,1H3. The Balaban J connectivity index is 2.09. The van der Waals surface area contributed by atoms with E-state index in [1.54, 1.807) is 0 Å². The van der Waals surface area contributed by atoms with Gasteiger partial charge in [0.2, 0.25) is 0 Å². The van der Waals surface area contributed by atoms with Crippen LogP contribution in [0.4, 0.5) is 5.69 Å². The Bertz CT molecular complexity index is 299. The molecule has 2 heteroatoms. The topological polar surface area (TPSA) is 32.3 Å². The summed E-state index contributed by atoms with van der Waals surface area (Å²) in [6, 6.07) is 7.98. The number of anilines is 1. The number of aliphatic hydroxyl groups excluding tert-OH is 1. The van der Waals surface area contributed by atoms with Crippen molar-refractivity contribution >= 4 is 5.69 Å². The summed E-state index contributed by atoms with van der Waals surface area (Å²) in [5.74, 6) is 0. The maximum Gasteiger partial charge on any atom is 0.0682 e. The zero-order valence-corrected chi connectivity index (χ0v) is 10.9. The average molecular weight is 235 g/mol. The van der Waals surface area contributed by atoms with E-state index in [-0.39, 0.29) is 6.61 Å². The Morgan fingerprint density at radius 3 is 2.59 bits per heavy atom. The molecule has 96 valence electrons. The SMILES string of the molecule is CCCCCCCCNc1cccc(CO)c1. The van der Waals surface area contributed by atoms with Gasteiger partial charge >= 0.3 is 0 Å². The van der Waals surface area contributed by atoms with Gasteiger partial charge in [-0.15, -0.1) is 0 Å². The summed E-state index contributed by atoms with van der Waals surface area (Å²) in [6.07, 6.45) is 7.95. The van der Waals surface area contributed by atoms with Crippen molar-refractivity contribution in [3.8, 4) is 0 Å². The molecule has 0 saturated heterocycles. The molecular weight excluding hydrogens is 210 g/mol. The maximum atomic E-state index is 9.03. The first kappa shape index (κ1) is 14.0. The van der Waals surface area contributed by atoms with Crippen LogP contribution in [0, 0.1) is 0 Å². The predicted octanol–water partition coefficient (Wildman–Crippen LogP) is 3.95. The third-order valence-corrected chi connectivity index (χ3v) is 2.97. The molecule has 0 aliphatic carbocycles. The van der Waals surface area contributed by atoms with Crippen molar-refractivity contribution in [2.45, 2.75) is 52.1 Å². The lowest BCUT2D eigenvalue weighted by Gasteiger charge is -2.07. The van der Waals surface area contributed by atoms with Crippen LogP contribution in [0.2, 0.25) is 0 Å². The predicted molar refractivity (Wildman–Crippen MR) is 74.2 cm³/mol. The molecule has 17 heavy (non-hydrogen) atoms. The number of nitrogens with one attached hydrogen (secondary N) is 1. The molecule has 0 saturated carbocycles. The van der Waals surface area contributed by atoms with Crippen molar-refractivity contribution in [2.24, 2.45) is 0 Å². The summed E-state index contributed by atoms with van der Waals surface area (Å²) in [6.45, 7) is 3.39. The van der Waals surface area contributed by atoms with Gasteiger partial charge < -0.3 is 10.4 Å². The lowest BCUT2D eigenvalue weighted by molar-refractivity contribution is 0.282. The largest absolute Gasteiger partial charge is 0.392 e. The van der Waals surface area contributed by atoms with Crippen LogP contribution in [0.15, 0.2) is 24.3 Å². The van der Waals surface area contributed by atoms with E-state index >= 15 is 0 Å². The lowest BCUT2D eigenvalue weighted by Crippen LogP contribution is -2.01. The quantitative estimate of drug-likeness (QED) is 0.635. The van der Waals surface area contributed by atoms with Gasteiger partial charge in [-0.05, 0) is 24.1 Å². The van der Waals surface area contributed by atoms with E-state index in [1.165, 1.54) is 38.5 Å². The van der Waals surface area contributed by atoms with E-state index in [1.807, 2.05) is 18.2 Å². The minimum absolute atomic E-state index is 0.118. The van der Waals surface area contributed by atoms with E-state index in [2.05, 4.69) is 18.3 Å². The first-order valence-corrected chi connectivity index (χ1v) is 6.80. The zero-order chi connectivity index (χ0) is 12.3. The van der Waals surface area contributed by atoms with Gasteiger partial charge in [0.05, 0.1) is 6.61 Å². The lowest BCUT2D eigenvalue weighted by atomic mass is 10.1. The normalized spacial score (nSPS) is 10.5. The van der Waals surface area contributed by atoms with Crippen LogP contribution in [0.1, 0.15) is 51.0 Å². The Morgan fingerprint density at radius 1 is 1.06 bits per heavy atom. The van der Waals surface area contributed by atoms with Gasteiger partial charge in [0.15, 0.2) is 0 Å². The van der Waals surface area contributed by atoms with Gasteiger partial charge in [-0.1, -0.05) is 51.2 Å². The van der Waals surface area contributed by atoms with Crippen LogP contribution in [0.5, 0.6) is 0 Å². The highest BCUT2D eigenvalue weighted by Crippen LogP contribution is 2.11. The van der Waals surface area contributed by atoms with Gasteiger partial charge in [0.25, 0.3) is 0 Å². The van der Waals surface area contributed by atoms with E-state index in [0.717, 1.165) is 17.8 Å². The molecule has 0 aromatic heterocycles. The van der Waals surface area contributed by atoms with Gasteiger partial charge in [0.1, 0.15) is 0 Å². The third kappa shape index (κ3) is 6.32. The van der Waals surface area contributed by atoms with Crippen molar-refractivity contribution in [1.82, 2.24) is 0 Å². The van der Waals surface area contributed by atoms with Crippen LogP contribution < -0.4 is 5.32 Å². The number of rotatable bonds is 9. The van der Waals surface area contributed by atoms with Crippen molar-refractivity contribution in [3.63, 3.8) is 0 Å². The molecule has 0 aliphatic rings. The summed E-state index contributed by atoms with van der Waals surface area (Å²) in [4.78, 5) is 0. The summed E-state index contributed by atoms with van der Waals surface area (Å²) in [5, 5.41) is 12.4. The van der Waals surface area contributed by atoms with Crippen molar-refractivity contribution in [1.29, 1.82) is 0 Å². The smallest absolute Gasteiger partial charge is 0.0682 e. The second kappa shape index (κ2) is 9.06. The van der Waals surface area contributed by atoms with Crippen molar-refractivity contribution in [2.75, 3.05) is 11.9 Å². The highest BCUT2D eigenvalue weighted by atomic mass is 16.3. The minimum atomic E-state index is 0.118. The van der Waals surface area contributed by atoms with E-state index in [9.17, 15) is 0 Å². The second-order valence-corrected chi connectivity index (χ2v) is 4.55. The molecule has 0 aliphatic heterocycles. The molecule has 1 aromatic rings. The number of unbranched alkanes of at least 4 members (excludes halogenated alkanes) is 5. The van der Waals surface area contributed by atoms with E-state index in [0.29, 0.717) is 0 Å². The highest BCUT2D eigenvalue weighted by Gasteiger charge is 1.94. The summed E-state index contributed by atoms with van der Waals surface area (Å²) >= 11 is 0. The fourth-order valence-electron chi connectivity index (χ4n) is 1.92. The summed E-state index contributed by atoms with van der Waals surface area (Å²) in [5.41, 5.74) is 2.09. The molecule has 0 unspecified atom stereocenters. The zero-order valence-electron chi connectivity index (χ0n) is 10.9. The third-order valence-electron chi connectivity index (χ3n) is 2.97. The number of hydrogen-bond acceptors (Lipinski definition) is 2. The van der Waals surface area contributed by atoms with Gasteiger partial charge in [0, 0.05) is 12.2 Å². The van der Waals surface area contributed by atoms with Crippen molar-refractivity contribution < 1.29 is 5.11 Å². The van der Waals surface area contributed by atoms with Crippen LogP contribution >= 0.6 is 0 Å². The van der Waals surface area contributed by atoms with Crippen LogP contribution in [-0.4, -0.2) is 11.7 Å². The second-order valence-electron chi connectivity index (χ2n) is 4.55. The first-order valence-electron chi connectivity index (χ1n) is 6.80. The van der Waals surface area contributed by atoms with Crippen LogP contribution in [0.25, 0.3) is 0 Å². The Morgan fingerprint density at radius 2 is 1.82 bits per heavy atom. The highest BCUT2D eigenvalue weighted by molar-refractivity contribution is 5.45. The van der Waals surface area contributed by atoms with Crippen LogP contribution in [-0.2, 0) is 6.61 Å². The molecule has 0 radical (unpaired) electrons. The first-order chi connectivity index (χ1) is 8.36. The van der Waals surface area contributed by atoms with Gasteiger partial charge in [-0.25, -0.2) is 0 Å². The molecule has 2 nitrogen and oxygen atoms in total. The minimum Gasteiger partial charge on any atom is -0.392 e. The van der Waals surface area contributed by atoms with Gasteiger partial charge in [-0.3, -0.25) is 0 Å². The molecule has 2 N–H and O–H groups in total. The number of benzene rings is 1. The summed E-state index contributed by atoms with van der Waals surface area (Å²) in [7, 11) is 0. The van der Waals surface area contributed by atoms with Crippen molar-refractivity contribution in [3.05, 3.63) is 29.8 Å². The van der Waals surface area contributed by atoms with E-state index < -0.39 is 0 Å². The molecular formula is C15H25NO. The monoisotopic (exact) mass is 235 g/mol. The molecule has 0 atom stereocenters. The molecule has 0 amide bonds. The number of hydrogen-bond donors (Lipinski definition) is 2. The molecule has 1 aromatic carbocycles.